The average molecular weight is 216 g/mol. The number of hydrogen-bond donors (Lipinski definition) is 1. The maximum absolute atomic E-state index is 10.8. The number of rotatable bonds is 2. The molecule has 0 atom stereocenters. The summed E-state index contributed by atoms with van der Waals surface area (Å²) in [6.45, 7) is 0. The predicted octanol–water partition coefficient (Wildman–Crippen LogP) is 1.63. The van der Waals surface area contributed by atoms with Gasteiger partial charge >= 0.3 is 0 Å². The molecule has 0 bridgehead atoms. The van der Waals surface area contributed by atoms with Crippen molar-refractivity contribution in [1.82, 2.24) is 9.97 Å². The Labute approximate surface area is 90.9 Å². The van der Waals surface area contributed by atoms with Gasteiger partial charge in [-0.15, -0.1) is 0 Å². The van der Waals surface area contributed by atoms with Gasteiger partial charge in [0.15, 0.2) is 5.69 Å². The second-order valence-electron chi connectivity index (χ2n) is 3.10. The van der Waals surface area contributed by atoms with Gasteiger partial charge in [0, 0.05) is 24.0 Å². The van der Waals surface area contributed by atoms with E-state index in [-0.39, 0.29) is 17.2 Å². The Kier molecular flexibility index (Phi) is 2.47. The first-order valence-electron chi connectivity index (χ1n) is 4.50. The molecule has 0 fully saturated rings. The van der Waals surface area contributed by atoms with E-state index in [0.29, 0.717) is 5.56 Å². The number of aromatic nitrogens is 2. The number of nitro groups is 1. The fraction of sp³-hybridized carbons (Fsp3) is 0. The van der Waals surface area contributed by atoms with Crippen LogP contribution in [0.1, 0.15) is 0 Å². The first-order chi connectivity index (χ1) is 7.68. The van der Waals surface area contributed by atoms with Gasteiger partial charge < -0.3 is 5.73 Å². The normalized spacial score (nSPS) is 10.0. The highest BCUT2D eigenvalue weighted by molar-refractivity contribution is 5.70. The summed E-state index contributed by atoms with van der Waals surface area (Å²) >= 11 is 0. The molecule has 2 aromatic rings. The zero-order chi connectivity index (χ0) is 11.5. The molecule has 0 aliphatic heterocycles. The smallest absolute Gasteiger partial charge is 0.295 e. The lowest BCUT2D eigenvalue weighted by atomic mass is 10.1. The van der Waals surface area contributed by atoms with Crippen molar-refractivity contribution in [2.75, 3.05) is 5.73 Å². The molecule has 0 spiro atoms. The lowest BCUT2D eigenvalue weighted by Gasteiger charge is -2.02. The van der Waals surface area contributed by atoms with Crippen molar-refractivity contribution in [3.63, 3.8) is 0 Å². The Morgan fingerprint density at radius 3 is 2.75 bits per heavy atom. The molecule has 6 heteroatoms. The van der Waals surface area contributed by atoms with Crippen molar-refractivity contribution < 1.29 is 4.92 Å². The highest BCUT2D eigenvalue weighted by atomic mass is 16.6. The van der Waals surface area contributed by atoms with E-state index in [4.69, 9.17) is 5.73 Å². The lowest BCUT2D eigenvalue weighted by Crippen LogP contribution is -1.98. The lowest BCUT2D eigenvalue weighted by molar-refractivity contribution is -0.384. The standard InChI is InChI=1S/C10H8N4O2/c11-9-4-3-8(14(15)16)10(13-9)7-2-1-5-12-6-7/h1-6H,(H2,11,13). The molecule has 80 valence electrons. The highest BCUT2D eigenvalue weighted by Gasteiger charge is 2.16. The molecule has 2 heterocycles. The van der Waals surface area contributed by atoms with E-state index in [0.717, 1.165) is 0 Å². The number of nitrogens with zero attached hydrogens (tertiary/aromatic N) is 3. The molecule has 0 aliphatic rings. The largest absolute Gasteiger partial charge is 0.384 e. The molecule has 0 radical (unpaired) electrons. The van der Waals surface area contributed by atoms with Gasteiger partial charge in [-0.3, -0.25) is 15.1 Å². The first-order valence-corrected chi connectivity index (χ1v) is 4.50. The molecule has 2 aromatic heterocycles. The fourth-order valence-electron chi connectivity index (χ4n) is 1.33. The quantitative estimate of drug-likeness (QED) is 0.608. The van der Waals surface area contributed by atoms with Gasteiger partial charge in [0.2, 0.25) is 0 Å². The number of nitrogen functional groups attached to an aromatic ring is 1. The third kappa shape index (κ3) is 1.81. The van der Waals surface area contributed by atoms with Crippen LogP contribution < -0.4 is 5.73 Å². The Morgan fingerprint density at radius 2 is 2.12 bits per heavy atom. The van der Waals surface area contributed by atoms with Crippen LogP contribution in [0.3, 0.4) is 0 Å². The van der Waals surface area contributed by atoms with E-state index in [1.165, 1.54) is 18.3 Å². The average Bonchev–Trinajstić information content (AvgIpc) is 2.29. The molecular weight excluding hydrogens is 208 g/mol. The van der Waals surface area contributed by atoms with Crippen LogP contribution in [-0.4, -0.2) is 14.9 Å². The molecular formula is C10H8N4O2. The van der Waals surface area contributed by atoms with E-state index in [1.807, 2.05) is 0 Å². The van der Waals surface area contributed by atoms with Crippen LogP contribution in [0.15, 0.2) is 36.7 Å². The van der Waals surface area contributed by atoms with Crippen molar-refractivity contribution in [3.8, 4) is 11.3 Å². The van der Waals surface area contributed by atoms with Gasteiger partial charge in [0.1, 0.15) is 5.82 Å². The second-order valence-corrected chi connectivity index (χ2v) is 3.10. The minimum atomic E-state index is -0.491. The molecule has 0 saturated heterocycles. The van der Waals surface area contributed by atoms with Crippen molar-refractivity contribution >= 4 is 11.5 Å². The van der Waals surface area contributed by atoms with Crippen LogP contribution in [0.4, 0.5) is 11.5 Å². The van der Waals surface area contributed by atoms with Gasteiger partial charge in [-0.2, -0.15) is 0 Å². The fourth-order valence-corrected chi connectivity index (χ4v) is 1.33. The van der Waals surface area contributed by atoms with Crippen LogP contribution in [0.2, 0.25) is 0 Å². The summed E-state index contributed by atoms with van der Waals surface area (Å²) in [7, 11) is 0. The Hall–Kier alpha value is -2.50. The molecule has 0 aromatic carbocycles. The molecule has 0 amide bonds. The SMILES string of the molecule is Nc1ccc([N+](=O)[O-])c(-c2cccnc2)n1. The molecule has 2 N–H and O–H groups in total. The summed E-state index contributed by atoms with van der Waals surface area (Å²) in [6, 6.07) is 6.12. The Bertz CT molecular complexity index is 528. The molecule has 0 unspecified atom stereocenters. The highest BCUT2D eigenvalue weighted by Crippen LogP contribution is 2.27. The van der Waals surface area contributed by atoms with E-state index < -0.39 is 4.92 Å². The third-order valence-corrected chi connectivity index (χ3v) is 2.03. The van der Waals surface area contributed by atoms with Gasteiger partial charge in [0.05, 0.1) is 4.92 Å². The topological polar surface area (TPSA) is 94.9 Å². The number of anilines is 1. The van der Waals surface area contributed by atoms with Crippen molar-refractivity contribution in [3.05, 3.63) is 46.8 Å². The van der Waals surface area contributed by atoms with Crippen LogP contribution in [-0.2, 0) is 0 Å². The van der Waals surface area contributed by atoms with Crippen LogP contribution in [0.25, 0.3) is 11.3 Å². The zero-order valence-corrected chi connectivity index (χ0v) is 8.20. The van der Waals surface area contributed by atoms with Crippen molar-refractivity contribution in [2.45, 2.75) is 0 Å². The number of pyridine rings is 2. The van der Waals surface area contributed by atoms with Crippen molar-refractivity contribution in [1.29, 1.82) is 0 Å². The summed E-state index contributed by atoms with van der Waals surface area (Å²) in [5, 5.41) is 10.8. The number of nitrogens with two attached hydrogens (primary N) is 1. The minimum absolute atomic E-state index is 0.0813. The summed E-state index contributed by atoms with van der Waals surface area (Å²) in [4.78, 5) is 18.2. The van der Waals surface area contributed by atoms with E-state index in [2.05, 4.69) is 9.97 Å². The summed E-state index contributed by atoms with van der Waals surface area (Å²) < 4.78 is 0. The van der Waals surface area contributed by atoms with Crippen LogP contribution in [0.5, 0.6) is 0 Å². The summed E-state index contributed by atoms with van der Waals surface area (Å²) in [6.07, 6.45) is 3.09. The van der Waals surface area contributed by atoms with Crippen molar-refractivity contribution in [2.24, 2.45) is 0 Å². The molecule has 2 rings (SSSR count). The summed E-state index contributed by atoms with van der Waals surface area (Å²) in [5.41, 5.74) is 6.23. The Balaban J connectivity index is 2.63. The molecule has 0 aliphatic carbocycles. The number of hydrogen-bond acceptors (Lipinski definition) is 5. The van der Waals surface area contributed by atoms with Gasteiger partial charge in [-0.05, 0) is 18.2 Å². The Morgan fingerprint density at radius 1 is 1.31 bits per heavy atom. The van der Waals surface area contributed by atoms with E-state index >= 15 is 0 Å². The van der Waals surface area contributed by atoms with Gasteiger partial charge in [-0.1, -0.05) is 0 Å². The van der Waals surface area contributed by atoms with Gasteiger partial charge in [-0.25, -0.2) is 4.98 Å². The monoisotopic (exact) mass is 216 g/mol. The third-order valence-electron chi connectivity index (χ3n) is 2.03. The predicted molar refractivity (Wildman–Crippen MR) is 58.5 cm³/mol. The maximum Gasteiger partial charge on any atom is 0.295 e. The van der Waals surface area contributed by atoms with Crippen LogP contribution in [0, 0.1) is 10.1 Å². The zero-order valence-electron chi connectivity index (χ0n) is 8.20. The second kappa shape index (κ2) is 3.93. The maximum atomic E-state index is 10.8. The van der Waals surface area contributed by atoms with Crippen LogP contribution >= 0.6 is 0 Å². The minimum Gasteiger partial charge on any atom is -0.384 e. The first kappa shape index (κ1) is 10.0. The van der Waals surface area contributed by atoms with Gasteiger partial charge in [0.25, 0.3) is 5.69 Å². The van der Waals surface area contributed by atoms with E-state index in [1.54, 1.807) is 18.3 Å². The molecule has 6 nitrogen and oxygen atoms in total. The molecule has 16 heavy (non-hydrogen) atoms. The van der Waals surface area contributed by atoms with E-state index in [9.17, 15) is 10.1 Å². The molecule has 0 saturated carbocycles. The summed E-state index contributed by atoms with van der Waals surface area (Å²) in [5.74, 6) is 0.240.